The fraction of sp³-hybridized carbons (Fsp3) is 0.818. The zero-order valence-electron chi connectivity index (χ0n) is 10.2. The van der Waals surface area contributed by atoms with Crippen LogP contribution >= 0.6 is 0 Å². The summed E-state index contributed by atoms with van der Waals surface area (Å²) >= 11 is 0. The Bertz CT molecular complexity index is 380. The van der Waals surface area contributed by atoms with Gasteiger partial charge in [0.15, 0.2) is 0 Å². The summed E-state index contributed by atoms with van der Waals surface area (Å²) in [4.78, 5) is 23.1. The molecular weight excluding hydrogens is 275 g/mol. The minimum Gasteiger partial charge on any atom is -0.385 e. The molecule has 1 rings (SSSR count). The first-order valence-electron chi connectivity index (χ1n) is 5.47. The van der Waals surface area contributed by atoms with Gasteiger partial charge in [-0.05, 0) is 5.41 Å². The highest BCUT2D eigenvalue weighted by molar-refractivity contribution is 6.05. The van der Waals surface area contributed by atoms with Crippen molar-refractivity contribution < 1.29 is 36.6 Å². The van der Waals surface area contributed by atoms with Crippen molar-refractivity contribution >= 4 is 11.6 Å². The van der Waals surface area contributed by atoms with Gasteiger partial charge in [0.2, 0.25) is 0 Å². The van der Waals surface area contributed by atoms with E-state index in [1.54, 1.807) is 0 Å². The van der Waals surface area contributed by atoms with Gasteiger partial charge in [-0.25, -0.2) is 0 Å². The van der Waals surface area contributed by atoms with Crippen LogP contribution in [0, 0.1) is 11.3 Å². The van der Waals surface area contributed by atoms with E-state index in [1.165, 1.54) is 13.8 Å². The molecule has 0 radical (unpaired) electrons. The normalized spacial score (nSPS) is 23.6. The second kappa shape index (κ2) is 4.50. The van der Waals surface area contributed by atoms with E-state index in [2.05, 4.69) is 0 Å². The van der Waals surface area contributed by atoms with E-state index in [0.717, 1.165) is 0 Å². The summed E-state index contributed by atoms with van der Waals surface area (Å²) < 4.78 is 62.3. The summed E-state index contributed by atoms with van der Waals surface area (Å²) in [5.74, 6) is -9.98. The predicted octanol–water partition coefficient (Wildman–Crippen LogP) is 2.12. The van der Waals surface area contributed by atoms with Crippen molar-refractivity contribution in [1.29, 1.82) is 0 Å². The summed E-state index contributed by atoms with van der Waals surface area (Å²) in [6.45, 7) is 3.04. The standard InChI is InChI=1S/C11H13F5O3/c1-9(2)3-5(17)7(6(18)4-9)8(19)10(12,13)11(14,15)16/h7-8,19H,3-4H2,1-2H3. The molecule has 1 saturated carbocycles. The van der Waals surface area contributed by atoms with Gasteiger partial charge in [0.25, 0.3) is 0 Å². The average Bonchev–Trinajstić information content (AvgIpc) is 2.11. The molecule has 3 nitrogen and oxygen atoms in total. The minimum absolute atomic E-state index is 0.325. The Morgan fingerprint density at radius 2 is 1.47 bits per heavy atom. The third kappa shape index (κ3) is 2.93. The zero-order chi connectivity index (χ0) is 15.2. The Morgan fingerprint density at radius 1 is 1.11 bits per heavy atom. The molecule has 0 aliphatic heterocycles. The molecule has 1 aliphatic carbocycles. The molecule has 0 aromatic rings. The monoisotopic (exact) mass is 288 g/mol. The lowest BCUT2D eigenvalue weighted by Gasteiger charge is -2.36. The number of hydrogen-bond acceptors (Lipinski definition) is 3. The van der Waals surface area contributed by atoms with Gasteiger partial charge < -0.3 is 5.11 Å². The molecule has 0 spiro atoms. The summed E-state index contributed by atoms with van der Waals surface area (Å²) in [6, 6.07) is 0. The highest BCUT2D eigenvalue weighted by Crippen LogP contribution is 2.44. The van der Waals surface area contributed by atoms with Gasteiger partial charge in [-0.2, -0.15) is 22.0 Å². The summed E-state index contributed by atoms with van der Waals surface area (Å²) in [6.07, 6.45) is -10.0. The first-order chi connectivity index (χ1) is 8.29. The Labute approximate surface area is 105 Å². The van der Waals surface area contributed by atoms with Gasteiger partial charge >= 0.3 is 12.1 Å². The number of rotatable bonds is 2. The maximum atomic E-state index is 13.0. The highest BCUT2D eigenvalue weighted by atomic mass is 19.4. The van der Waals surface area contributed by atoms with Gasteiger partial charge in [0.05, 0.1) is 0 Å². The molecule has 0 amide bonds. The van der Waals surface area contributed by atoms with Crippen molar-refractivity contribution in [3.63, 3.8) is 0 Å². The van der Waals surface area contributed by atoms with E-state index >= 15 is 0 Å². The van der Waals surface area contributed by atoms with Gasteiger partial charge in [-0.3, -0.25) is 9.59 Å². The minimum atomic E-state index is -6.01. The van der Waals surface area contributed by atoms with Crippen molar-refractivity contribution in [2.75, 3.05) is 0 Å². The van der Waals surface area contributed by atoms with Crippen molar-refractivity contribution in [1.82, 2.24) is 0 Å². The molecule has 1 fully saturated rings. The first kappa shape index (κ1) is 16.0. The van der Waals surface area contributed by atoms with E-state index in [0.29, 0.717) is 0 Å². The summed E-state index contributed by atoms with van der Waals surface area (Å²) in [5.41, 5.74) is -0.794. The van der Waals surface area contributed by atoms with Crippen LogP contribution < -0.4 is 0 Å². The third-order valence-electron chi connectivity index (χ3n) is 3.06. The summed E-state index contributed by atoms with van der Waals surface area (Å²) in [5, 5.41) is 9.14. The maximum Gasteiger partial charge on any atom is 0.456 e. The van der Waals surface area contributed by atoms with Crippen molar-refractivity contribution in [2.24, 2.45) is 11.3 Å². The van der Waals surface area contributed by atoms with Crippen LogP contribution in [0.4, 0.5) is 22.0 Å². The molecule has 0 aromatic carbocycles. The van der Waals surface area contributed by atoms with Crippen LogP contribution in [0.1, 0.15) is 26.7 Å². The quantitative estimate of drug-likeness (QED) is 0.625. The average molecular weight is 288 g/mol. The molecule has 8 heteroatoms. The SMILES string of the molecule is CC1(C)CC(=O)C(C(O)C(F)(F)C(F)(F)F)C(=O)C1. The largest absolute Gasteiger partial charge is 0.456 e. The number of halogens is 5. The predicted molar refractivity (Wildman–Crippen MR) is 53.5 cm³/mol. The molecular formula is C11H13F5O3. The van der Waals surface area contributed by atoms with E-state index in [4.69, 9.17) is 5.11 Å². The Morgan fingerprint density at radius 3 is 1.79 bits per heavy atom. The lowest BCUT2D eigenvalue weighted by atomic mass is 9.69. The van der Waals surface area contributed by atoms with Crippen LogP contribution in [0.15, 0.2) is 0 Å². The van der Waals surface area contributed by atoms with Crippen LogP contribution in [0.25, 0.3) is 0 Å². The maximum absolute atomic E-state index is 13.0. The number of alkyl halides is 5. The van der Waals surface area contributed by atoms with Crippen LogP contribution in [0.2, 0.25) is 0 Å². The number of ketones is 2. The molecule has 0 bridgehead atoms. The Hall–Kier alpha value is -1.05. The van der Waals surface area contributed by atoms with Crippen LogP contribution in [0.3, 0.4) is 0 Å². The number of Topliss-reactive ketones (excluding diaryl/α,β-unsaturated/α-hetero) is 2. The summed E-state index contributed by atoms with van der Waals surface area (Å²) in [7, 11) is 0. The van der Waals surface area contributed by atoms with Gasteiger partial charge in [-0.15, -0.1) is 0 Å². The molecule has 1 unspecified atom stereocenters. The van der Waals surface area contributed by atoms with Gasteiger partial charge in [0, 0.05) is 12.8 Å². The fourth-order valence-corrected chi connectivity index (χ4v) is 2.13. The molecule has 1 N–H and O–H groups in total. The first-order valence-corrected chi connectivity index (χ1v) is 5.47. The number of carbonyl (C=O) groups excluding carboxylic acids is 2. The van der Waals surface area contributed by atoms with E-state index in [9.17, 15) is 31.5 Å². The van der Waals surface area contributed by atoms with Crippen LogP contribution in [-0.4, -0.2) is 34.9 Å². The lowest BCUT2D eigenvalue weighted by molar-refractivity contribution is -0.316. The van der Waals surface area contributed by atoms with Crippen molar-refractivity contribution in [3.05, 3.63) is 0 Å². The number of hydrogen-bond donors (Lipinski definition) is 1. The Kier molecular flexibility index (Phi) is 3.79. The van der Waals surface area contributed by atoms with Crippen molar-refractivity contribution in [3.8, 4) is 0 Å². The fourth-order valence-electron chi connectivity index (χ4n) is 2.13. The second-order valence-corrected chi connectivity index (χ2v) is 5.49. The molecule has 1 atom stereocenters. The zero-order valence-corrected chi connectivity index (χ0v) is 10.2. The molecule has 110 valence electrons. The molecule has 19 heavy (non-hydrogen) atoms. The van der Waals surface area contributed by atoms with E-state index in [-0.39, 0.29) is 12.8 Å². The van der Waals surface area contributed by atoms with Crippen LogP contribution in [-0.2, 0) is 9.59 Å². The number of aliphatic hydroxyl groups is 1. The molecule has 0 heterocycles. The topological polar surface area (TPSA) is 54.4 Å². The van der Waals surface area contributed by atoms with E-state index in [1.807, 2.05) is 0 Å². The highest BCUT2D eigenvalue weighted by Gasteiger charge is 2.66. The van der Waals surface area contributed by atoms with Crippen LogP contribution in [0.5, 0.6) is 0 Å². The molecule has 0 saturated heterocycles. The smallest absolute Gasteiger partial charge is 0.385 e. The second-order valence-electron chi connectivity index (χ2n) is 5.49. The Balaban J connectivity index is 3.04. The van der Waals surface area contributed by atoms with Gasteiger partial charge in [0.1, 0.15) is 23.6 Å². The lowest BCUT2D eigenvalue weighted by Crippen LogP contribution is -2.56. The van der Waals surface area contributed by atoms with Crippen molar-refractivity contribution in [2.45, 2.75) is 44.9 Å². The number of carbonyl (C=O) groups is 2. The third-order valence-corrected chi connectivity index (χ3v) is 3.06. The van der Waals surface area contributed by atoms with E-state index < -0.39 is 41.1 Å². The molecule has 1 aliphatic rings. The molecule has 0 aromatic heterocycles. The number of aliphatic hydroxyl groups excluding tert-OH is 1. The van der Waals surface area contributed by atoms with Gasteiger partial charge in [-0.1, -0.05) is 13.8 Å².